The third-order valence-electron chi connectivity index (χ3n) is 3.22. The van der Waals surface area contributed by atoms with Crippen LogP contribution < -0.4 is 10.1 Å². The molecule has 24 heavy (non-hydrogen) atoms. The molecule has 0 spiro atoms. The number of benzene rings is 1. The zero-order chi connectivity index (χ0) is 17.5. The quantitative estimate of drug-likeness (QED) is 0.486. The van der Waals surface area contributed by atoms with Crippen LogP contribution in [0, 0.1) is 6.92 Å². The van der Waals surface area contributed by atoms with Crippen LogP contribution in [0.25, 0.3) is 11.3 Å². The van der Waals surface area contributed by atoms with Crippen LogP contribution >= 0.6 is 11.3 Å². The highest BCUT2D eigenvalue weighted by Crippen LogP contribution is 2.31. The van der Waals surface area contributed by atoms with Crippen LogP contribution in [0.15, 0.2) is 53.2 Å². The van der Waals surface area contributed by atoms with Crippen molar-refractivity contribution in [3.63, 3.8) is 0 Å². The van der Waals surface area contributed by atoms with Gasteiger partial charge in [0.05, 0.1) is 18.4 Å². The molecule has 2 aromatic rings. The lowest BCUT2D eigenvalue weighted by molar-refractivity contribution is -0.112. The van der Waals surface area contributed by atoms with Gasteiger partial charge in [-0.2, -0.15) is 0 Å². The van der Waals surface area contributed by atoms with Gasteiger partial charge in [-0.15, -0.1) is 11.3 Å². The number of allylic oxidation sites excluding steroid dienone is 1. The summed E-state index contributed by atoms with van der Waals surface area (Å²) in [7, 11) is 1.63. The van der Waals surface area contributed by atoms with Crippen LogP contribution in [0.2, 0.25) is 0 Å². The molecule has 0 saturated carbocycles. The molecule has 0 radical (unpaired) electrons. The number of thiazole rings is 1. The topological polar surface area (TPSA) is 63.6 Å². The number of hydrogen-bond donors (Lipinski definition) is 1. The minimum Gasteiger partial charge on any atom is -0.497 e. The van der Waals surface area contributed by atoms with Crippen LogP contribution in [-0.2, 0) is 4.79 Å². The van der Waals surface area contributed by atoms with Gasteiger partial charge in [0.2, 0.25) is 0 Å². The first-order chi connectivity index (χ1) is 11.6. The van der Waals surface area contributed by atoms with E-state index in [0.29, 0.717) is 10.7 Å². The number of aromatic nitrogens is 1. The Hall–Kier alpha value is -2.73. The van der Waals surface area contributed by atoms with Gasteiger partial charge < -0.3 is 4.74 Å². The van der Waals surface area contributed by atoms with E-state index in [1.54, 1.807) is 19.3 Å². The first-order valence-electron chi connectivity index (χ1n) is 7.31. The van der Waals surface area contributed by atoms with E-state index >= 15 is 0 Å². The van der Waals surface area contributed by atoms with Gasteiger partial charge in [-0.1, -0.05) is 12.2 Å². The summed E-state index contributed by atoms with van der Waals surface area (Å²) in [4.78, 5) is 21.5. The number of aliphatic imine (C=N–C) groups is 1. The minimum absolute atomic E-state index is 0.268. The summed E-state index contributed by atoms with van der Waals surface area (Å²) < 4.78 is 5.16. The second kappa shape index (κ2) is 8.21. The van der Waals surface area contributed by atoms with Gasteiger partial charge in [-0.05, 0) is 44.8 Å². The number of hydrogen-bond acceptors (Lipinski definition) is 5. The zero-order valence-electron chi connectivity index (χ0n) is 13.9. The van der Waals surface area contributed by atoms with Crippen LogP contribution in [0.1, 0.15) is 11.8 Å². The molecule has 0 aliphatic carbocycles. The molecular formula is C18H19N3O2S. The zero-order valence-corrected chi connectivity index (χ0v) is 14.7. The number of amides is 1. The van der Waals surface area contributed by atoms with Crippen molar-refractivity contribution < 1.29 is 9.53 Å². The molecule has 1 heterocycles. The number of nitrogens with one attached hydrogen (secondary N) is 1. The Balaban J connectivity index is 2.23. The van der Waals surface area contributed by atoms with Crippen molar-refractivity contribution >= 4 is 29.1 Å². The maximum absolute atomic E-state index is 12.3. The van der Waals surface area contributed by atoms with Crippen molar-refractivity contribution in [2.45, 2.75) is 13.8 Å². The van der Waals surface area contributed by atoms with Crippen LogP contribution in [0.4, 0.5) is 5.13 Å². The number of methoxy groups -OCH3 is 1. The molecule has 1 aromatic carbocycles. The van der Waals surface area contributed by atoms with E-state index in [4.69, 9.17) is 4.74 Å². The average molecular weight is 341 g/mol. The maximum atomic E-state index is 12.3. The molecule has 124 valence electrons. The molecule has 1 amide bonds. The molecule has 1 N–H and O–H groups in total. The predicted molar refractivity (Wildman–Crippen MR) is 99.9 cm³/mol. The van der Waals surface area contributed by atoms with E-state index in [1.165, 1.54) is 17.5 Å². The van der Waals surface area contributed by atoms with Crippen molar-refractivity contribution in [1.29, 1.82) is 0 Å². The van der Waals surface area contributed by atoms with Gasteiger partial charge in [0.1, 0.15) is 5.75 Å². The first-order valence-corrected chi connectivity index (χ1v) is 8.12. The van der Waals surface area contributed by atoms with Gasteiger partial charge in [-0.25, -0.2) is 4.98 Å². The number of carbonyl (C=O) groups excluding carboxylic acids is 1. The normalized spacial score (nSPS) is 11.5. The maximum Gasteiger partial charge on any atom is 0.258 e. The third-order valence-corrected chi connectivity index (χ3v) is 4.11. The lowest BCUT2D eigenvalue weighted by Gasteiger charge is -2.02. The summed E-state index contributed by atoms with van der Waals surface area (Å²) in [6, 6.07) is 7.66. The summed E-state index contributed by atoms with van der Waals surface area (Å²) in [6.07, 6.45) is 4.86. The number of carbonyl (C=O) groups is 1. The summed E-state index contributed by atoms with van der Waals surface area (Å²) in [5.41, 5.74) is 2.24. The van der Waals surface area contributed by atoms with E-state index in [9.17, 15) is 4.79 Å². The van der Waals surface area contributed by atoms with Gasteiger partial charge in [0.15, 0.2) is 5.13 Å². The number of nitrogens with zero attached hydrogens (tertiary/aromatic N) is 2. The van der Waals surface area contributed by atoms with Crippen LogP contribution in [-0.4, -0.2) is 24.7 Å². The Morgan fingerprint density at radius 1 is 1.38 bits per heavy atom. The summed E-state index contributed by atoms with van der Waals surface area (Å²) in [5.74, 6) is 0.522. The fraction of sp³-hybridized carbons (Fsp3) is 0.167. The molecule has 0 atom stereocenters. The summed E-state index contributed by atoms with van der Waals surface area (Å²) >= 11 is 1.43. The van der Waals surface area contributed by atoms with Crippen molar-refractivity contribution in [3.8, 4) is 17.0 Å². The molecule has 6 heteroatoms. The van der Waals surface area contributed by atoms with E-state index in [-0.39, 0.29) is 5.91 Å². The first kappa shape index (κ1) is 17.6. The molecule has 0 saturated heterocycles. The van der Waals surface area contributed by atoms with Gasteiger partial charge in [0.25, 0.3) is 5.91 Å². The third kappa shape index (κ3) is 4.17. The van der Waals surface area contributed by atoms with Crippen molar-refractivity contribution in [2.75, 3.05) is 12.4 Å². The van der Waals surface area contributed by atoms with Gasteiger partial charge in [0, 0.05) is 16.6 Å². The Kier molecular flexibility index (Phi) is 6.03. The van der Waals surface area contributed by atoms with Crippen molar-refractivity contribution in [1.82, 2.24) is 4.98 Å². The second-order valence-electron chi connectivity index (χ2n) is 4.87. The van der Waals surface area contributed by atoms with Crippen molar-refractivity contribution in [2.24, 2.45) is 4.99 Å². The Morgan fingerprint density at radius 3 is 2.67 bits per heavy atom. The largest absolute Gasteiger partial charge is 0.497 e. The molecule has 0 bridgehead atoms. The SMILES string of the molecule is C=N/C=C(\C=C/C)C(=O)Nc1nc(-c2ccc(OC)cc2)c(C)s1. The van der Waals surface area contributed by atoms with E-state index in [1.807, 2.05) is 38.1 Å². The van der Waals surface area contributed by atoms with Gasteiger partial charge in [-0.3, -0.25) is 15.1 Å². The smallest absolute Gasteiger partial charge is 0.258 e. The van der Waals surface area contributed by atoms with Crippen LogP contribution in [0.5, 0.6) is 5.75 Å². The van der Waals surface area contributed by atoms with E-state index in [2.05, 4.69) is 22.0 Å². The van der Waals surface area contributed by atoms with E-state index in [0.717, 1.165) is 21.9 Å². The summed E-state index contributed by atoms with van der Waals surface area (Å²) in [5, 5.41) is 3.35. The number of rotatable bonds is 6. The number of anilines is 1. The monoisotopic (exact) mass is 341 g/mol. The standard InChI is InChI=1S/C18H19N3O2S/c1-5-6-14(11-19-3)17(22)21-18-20-16(12(2)24-18)13-7-9-15(23-4)10-8-13/h5-11H,3H2,1-2,4H3,(H,20,21,22)/b6-5-,14-11+. The molecule has 0 fully saturated rings. The Morgan fingerprint density at radius 2 is 2.08 bits per heavy atom. The van der Waals surface area contributed by atoms with Gasteiger partial charge >= 0.3 is 0 Å². The second-order valence-corrected chi connectivity index (χ2v) is 6.08. The highest BCUT2D eigenvalue weighted by atomic mass is 32.1. The highest BCUT2D eigenvalue weighted by Gasteiger charge is 2.13. The fourth-order valence-corrected chi connectivity index (χ4v) is 2.92. The average Bonchev–Trinajstić information content (AvgIpc) is 2.95. The molecular weight excluding hydrogens is 322 g/mol. The molecule has 1 aromatic heterocycles. The molecule has 0 unspecified atom stereocenters. The molecule has 0 aliphatic rings. The minimum atomic E-state index is -0.268. The lowest BCUT2D eigenvalue weighted by Crippen LogP contribution is -2.13. The highest BCUT2D eigenvalue weighted by molar-refractivity contribution is 7.16. The summed E-state index contributed by atoms with van der Waals surface area (Å²) in [6.45, 7) is 7.19. The Labute approximate surface area is 145 Å². The van der Waals surface area contributed by atoms with Crippen LogP contribution in [0.3, 0.4) is 0 Å². The number of aryl methyl sites for hydroxylation is 1. The van der Waals surface area contributed by atoms with Crippen molar-refractivity contribution in [3.05, 3.63) is 53.1 Å². The molecule has 5 nitrogen and oxygen atoms in total. The lowest BCUT2D eigenvalue weighted by atomic mass is 10.1. The Bertz CT molecular complexity index is 789. The predicted octanol–water partition coefficient (Wildman–Crippen LogP) is 4.23. The number of ether oxygens (including phenoxy) is 1. The molecule has 2 rings (SSSR count). The van der Waals surface area contributed by atoms with E-state index < -0.39 is 0 Å². The fourth-order valence-electron chi connectivity index (χ4n) is 2.09. The molecule has 0 aliphatic heterocycles.